The van der Waals surface area contributed by atoms with Gasteiger partial charge >= 0.3 is 0 Å². The van der Waals surface area contributed by atoms with E-state index in [1.807, 2.05) is 0 Å². The van der Waals surface area contributed by atoms with Crippen molar-refractivity contribution < 1.29 is 0 Å². The topological polar surface area (TPSA) is 12.0 Å². The second-order valence-electron chi connectivity index (χ2n) is 9.03. The SMILES string of the molecule is CC1CCC(C2CC(C)(C)CCC2CNC2CC2)CC1. The molecule has 0 radical (unpaired) electrons. The van der Waals surface area contributed by atoms with E-state index in [0.29, 0.717) is 5.41 Å². The van der Waals surface area contributed by atoms with Gasteiger partial charge in [-0.05, 0) is 80.6 Å². The van der Waals surface area contributed by atoms with Crippen LogP contribution in [0, 0.1) is 29.1 Å². The van der Waals surface area contributed by atoms with Crippen molar-refractivity contribution in [3.63, 3.8) is 0 Å². The van der Waals surface area contributed by atoms with E-state index in [9.17, 15) is 0 Å². The molecule has 0 heterocycles. The zero-order valence-electron chi connectivity index (χ0n) is 14.0. The highest BCUT2D eigenvalue weighted by Crippen LogP contribution is 2.48. The number of rotatable bonds is 4. The maximum atomic E-state index is 3.83. The van der Waals surface area contributed by atoms with Gasteiger partial charge in [0, 0.05) is 6.04 Å². The lowest BCUT2D eigenvalue weighted by Gasteiger charge is -2.46. The van der Waals surface area contributed by atoms with Crippen LogP contribution in [0.2, 0.25) is 0 Å². The van der Waals surface area contributed by atoms with E-state index in [-0.39, 0.29) is 0 Å². The Morgan fingerprint density at radius 2 is 1.65 bits per heavy atom. The van der Waals surface area contributed by atoms with Crippen LogP contribution in [0.5, 0.6) is 0 Å². The maximum absolute atomic E-state index is 3.83. The number of hydrogen-bond acceptors (Lipinski definition) is 1. The van der Waals surface area contributed by atoms with Crippen LogP contribution in [0.15, 0.2) is 0 Å². The lowest BCUT2D eigenvalue weighted by molar-refractivity contribution is 0.0514. The van der Waals surface area contributed by atoms with Gasteiger partial charge in [-0.2, -0.15) is 0 Å². The standard InChI is InChI=1S/C19H35N/c1-14-4-6-15(7-5-14)18-12-19(2,3)11-10-16(18)13-20-17-8-9-17/h14-18,20H,4-13H2,1-3H3. The quantitative estimate of drug-likeness (QED) is 0.762. The first-order chi connectivity index (χ1) is 9.53. The first kappa shape index (κ1) is 14.9. The van der Waals surface area contributed by atoms with Gasteiger partial charge in [0.25, 0.3) is 0 Å². The van der Waals surface area contributed by atoms with E-state index in [4.69, 9.17) is 0 Å². The largest absolute Gasteiger partial charge is 0.314 e. The van der Waals surface area contributed by atoms with Crippen LogP contribution in [0.1, 0.15) is 78.6 Å². The molecule has 3 aliphatic carbocycles. The summed E-state index contributed by atoms with van der Waals surface area (Å²) < 4.78 is 0. The fourth-order valence-electron chi connectivity index (χ4n) is 4.82. The minimum absolute atomic E-state index is 0.601. The van der Waals surface area contributed by atoms with E-state index in [1.54, 1.807) is 0 Å². The van der Waals surface area contributed by atoms with Crippen molar-refractivity contribution in [2.75, 3.05) is 6.54 Å². The molecule has 0 bridgehead atoms. The van der Waals surface area contributed by atoms with Crippen molar-refractivity contribution in [1.29, 1.82) is 0 Å². The Morgan fingerprint density at radius 3 is 2.30 bits per heavy atom. The second-order valence-corrected chi connectivity index (χ2v) is 9.03. The predicted molar refractivity (Wildman–Crippen MR) is 86.8 cm³/mol. The Labute approximate surface area is 126 Å². The highest BCUT2D eigenvalue weighted by molar-refractivity contribution is 4.92. The molecule has 2 atom stereocenters. The minimum Gasteiger partial charge on any atom is -0.314 e. The van der Waals surface area contributed by atoms with Gasteiger partial charge in [-0.3, -0.25) is 0 Å². The molecule has 0 aromatic heterocycles. The van der Waals surface area contributed by atoms with Crippen LogP contribution in [0.3, 0.4) is 0 Å². The molecule has 20 heavy (non-hydrogen) atoms. The monoisotopic (exact) mass is 277 g/mol. The van der Waals surface area contributed by atoms with E-state index in [0.717, 1.165) is 29.7 Å². The highest BCUT2D eigenvalue weighted by atomic mass is 14.9. The molecule has 3 saturated carbocycles. The second kappa shape index (κ2) is 5.99. The molecule has 2 unspecified atom stereocenters. The van der Waals surface area contributed by atoms with E-state index in [2.05, 4.69) is 26.1 Å². The van der Waals surface area contributed by atoms with Gasteiger partial charge in [0.05, 0.1) is 0 Å². The van der Waals surface area contributed by atoms with Crippen molar-refractivity contribution in [3.8, 4) is 0 Å². The minimum atomic E-state index is 0.601. The maximum Gasteiger partial charge on any atom is 0.00683 e. The van der Waals surface area contributed by atoms with Crippen molar-refractivity contribution >= 4 is 0 Å². The molecule has 0 amide bonds. The Bertz CT molecular complexity index is 308. The van der Waals surface area contributed by atoms with Gasteiger partial charge in [0.1, 0.15) is 0 Å². The lowest BCUT2D eigenvalue weighted by Crippen LogP contribution is -2.40. The number of nitrogens with one attached hydrogen (secondary N) is 1. The average molecular weight is 277 g/mol. The third-order valence-electron chi connectivity index (χ3n) is 6.50. The molecule has 1 nitrogen and oxygen atoms in total. The molecule has 3 fully saturated rings. The molecule has 0 saturated heterocycles. The van der Waals surface area contributed by atoms with Gasteiger partial charge in [-0.15, -0.1) is 0 Å². The molecular formula is C19H35N. The number of hydrogen-bond donors (Lipinski definition) is 1. The summed E-state index contributed by atoms with van der Waals surface area (Å²) in [7, 11) is 0. The van der Waals surface area contributed by atoms with Crippen molar-refractivity contribution in [3.05, 3.63) is 0 Å². The molecule has 1 heteroatoms. The summed E-state index contributed by atoms with van der Waals surface area (Å²) in [4.78, 5) is 0. The van der Waals surface area contributed by atoms with Crippen LogP contribution in [0.25, 0.3) is 0 Å². The van der Waals surface area contributed by atoms with Gasteiger partial charge in [0.2, 0.25) is 0 Å². The summed E-state index contributed by atoms with van der Waals surface area (Å²) in [5.41, 5.74) is 0.601. The molecular weight excluding hydrogens is 242 g/mol. The van der Waals surface area contributed by atoms with Crippen LogP contribution >= 0.6 is 0 Å². The Kier molecular flexibility index (Phi) is 4.45. The van der Waals surface area contributed by atoms with Gasteiger partial charge in [0.15, 0.2) is 0 Å². The van der Waals surface area contributed by atoms with Crippen LogP contribution in [-0.4, -0.2) is 12.6 Å². The van der Waals surface area contributed by atoms with Gasteiger partial charge in [-0.1, -0.05) is 33.6 Å². The molecule has 1 N–H and O–H groups in total. The summed E-state index contributed by atoms with van der Waals surface area (Å²) in [6, 6.07) is 0.886. The zero-order valence-corrected chi connectivity index (χ0v) is 14.0. The van der Waals surface area contributed by atoms with Crippen LogP contribution < -0.4 is 5.32 Å². The first-order valence-electron chi connectivity index (χ1n) is 9.27. The van der Waals surface area contributed by atoms with Crippen molar-refractivity contribution in [2.24, 2.45) is 29.1 Å². The molecule has 0 aromatic carbocycles. The molecule has 3 aliphatic rings. The average Bonchev–Trinajstić information content (AvgIpc) is 3.22. The summed E-state index contributed by atoms with van der Waals surface area (Å²) in [5.74, 6) is 4.02. The van der Waals surface area contributed by atoms with E-state index in [1.165, 1.54) is 64.3 Å². The smallest absolute Gasteiger partial charge is 0.00683 e. The molecule has 0 aliphatic heterocycles. The molecule has 3 rings (SSSR count). The van der Waals surface area contributed by atoms with Gasteiger partial charge in [-0.25, -0.2) is 0 Å². The Hall–Kier alpha value is -0.0400. The summed E-state index contributed by atoms with van der Waals surface area (Å²) in [6.07, 6.45) is 13.3. The zero-order chi connectivity index (χ0) is 14.2. The lowest BCUT2D eigenvalue weighted by atomic mass is 9.60. The Balaban J connectivity index is 1.60. The normalized spacial score (nSPS) is 41.5. The highest BCUT2D eigenvalue weighted by Gasteiger charge is 2.40. The summed E-state index contributed by atoms with van der Waals surface area (Å²) in [6.45, 7) is 8.79. The summed E-state index contributed by atoms with van der Waals surface area (Å²) in [5, 5.41) is 3.83. The van der Waals surface area contributed by atoms with E-state index >= 15 is 0 Å². The molecule has 0 spiro atoms. The summed E-state index contributed by atoms with van der Waals surface area (Å²) >= 11 is 0. The third kappa shape index (κ3) is 3.78. The van der Waals surface area contributed by atoms with E-state index < -0.39 is 0 Å². The fraction of sp³-hybridized carbons (Fsp3) is 1.00. The third-order valence-corrected chi connectivity index (χ3v) is 6.50. The Morgan fingerprint density at radius 1 is 0.950 bits per heavy atom. The van der Waals surface area contributed by atoms with Gasteiger partial charge < -0.3 is 5.32 Å². The van der Waals surface area contributed by atoms with Crippen LogP contribution in [-0.2, 0) is 0 Å². The predicted octanol–water partition coefficient (Wildman–Crippen LogP) is 5.01. The molecule has 116 valence electrons. The molecule has 0 aromatic rings. The fourth-order valence-corrected chi connectivity index (χ4v) is 4.82. The van der Waals surface area contributed by atoms with Crippen LogP contribution in [0.4, 0.5) is 0 Å². The van der Waals surface area contributed by atoms with Crippen molar-refractivity contribution in [2.45, 2.75) is 84.6 Å². The van der Waals surface area contributed by atoms with Crippen molar-refractivity contribution in [1.82, 2.24) is 5.32 Å². The first-order valence-corrected chi connectivity index (χ1v) is 9.27.